The number of hydrogen-bond acceptors (Lipinski definition) is 4. The zero-order chi connectivity index (χ0) is 15.1. The zero-order valence-electron chi connectivity index (χ0n) is 11.5. The van der Waals surface area contributed by atoms with E-state index in [1.165, 1.54) is 0 Å². The van der Waals surface area contributed by atoms with Crippen LogP contribution in [0.2, 0.25) is 0 Å². The van der Waals surface area contributed by atoms with Crippen LogP contribution in [0.5, 0.6) is 5.75 Å². The molecule has 0 aromatic heterocycles. The average Bonchev–Trinajstić information content (AvgIpc) is 2.35. The SMILES string of the molecule is CCCN(CCC(=O)O)C(C(N)=S)c1cccc(O)c1. The Morgan fingerprint density at radius 3 is 2.65 bits per heavy atom. The van der Waals surface area contributed by atoms with Gasteiger partial charge in [0.25, 0.3) is 0 Å². The minimum absolute atomic E-state index is 0.0257. The molecule has 1 aromatic carbocycles. The highest BCUT2D eigenvalue weighted by Gasteiger charge is 2.23. The first-order valence-electron chi connectivity index (χ1n) is 6.49. The van der Waals surface area contributed by atoms with Crippen LogP contribution in [0, 0.1) is 0 Å². The lowest BCUT2D eigenvalue weighted by atomic mass is 10.0. The molecule has 0 radical (unpaired) electrons. The molecule has 0 heterocycles. The summed E-state index contributed by atoms with van der Waals surface area (Å²) in [6.45, 7) is 3.05. The van der Waals surface area contributed by atoms with E-state index in [9.17, 15) is 9.90 Å². The van der Waals surface area contributed by atoms with Crippen molar-refractivity contribution < 1.29 is 15.0 Å². The Kier molecular flexibility index (Phi) is 6.41. The van der Waals surface area contributed by atoms with Gasteiger partial charge in [0.1, 0.15) is 5.75 Å². The van der Waals surface area contributed by atoms with E-state index in [1.54, 1.807) is 18.2 Å². The minimum atomic E-state index is -0.858. The number of phenols is 1. The molecule has 0 saturated carbocycles. The lowest BCUT2D eigenvalue weighted by Crippen LogP contribution is -2.38. The van der Waals surface area contributed by atoms with Crippen LogP contribution >= 0.6 is 12.2 Å². The van der Waals surface area contributed by atoms with Crippen LogP contribution in [0.15, 0.2) is 24.3 Å². The van der Waals surface area contributed by atoms with E-state index in [4.69, 9.17) is 23.1 Å². The van der Waals surface area contributed by atoms with Crippen molar-refractivity contribution in [3.8, 4) is 5.75 Å². The molecule has 0 saturated heterocycles. The van der Waals surface area contributed by atoms with Crippen molar-refractivity contribution in [2.24, 2.45) is 5.73 Å². The van der Waals surface area contributed by atoms with Crippen LogP contribution < -0.4 is 5.73 Å². The van der Waals surface area contributed by atoms with Crippen LogP contribution in [0.1, 0.15) is 31.4 Å². The lowest BCUT2D eigenvalue weighted by Gasteiger charge is -2.30. The van der Waals surface area contributed by atoms with E-state index >= 15 is 0 Å². The number of hydrogen-bond donors (Lipinski definition) is 3. The number of benzene rings is 1. The van der Waals surface area contributed by atoms with Crippen molar-refractivity contribution in [3.63, 3.8) is 0 Å². The number of carbonyl (C=O) groups is 1. The van der Waals surface area contributed by atoms with E-state index in [-0.39, 0.29) is 23.2 Å². The summed E-state index contributed by atoms with van der Waals surface area (Å²) < 4.78 is 0. The second kappa shape index (κ2) is 7.81. The highest BCUT2D eigenvalue weighted by molar-refractivity contribution is 7.80. The molecular weight excluding hydrogens is 276 g/mol. The van der Waals surface area contributed by atoms with Gasteiger partial charge >= 0.3 is 5.97 Å². The van der Waals surface area contributed by atoms with E-state index in [2.05, 4.69) is 0 Å². The van der Waals surface area contributed by atoms with Crippen molar-refractivity contribution in [3.05, 3.63) is 29.8 Å². The van der Waals surface area contributed by atoms with E-state index in [0.717, 1.165) is 12.0 Å². The smallest absolute Gasteiger partial charge is 0.304 e. The first kappa shape index (κ1) is 16.4. The predicted octanol–water partition coefficient (Wildman–Crippen LogP) is 1.91. The minimum Gasteiger partial charge on any atom is -0.508 e. The number of nitrogens with two attached hydrogens (primary N) is 1. The Balaban J connectivity index is 3.01. The molecule has 0 fully saturated rings. The number of carboxylic acids is 1. The molecule has 1 atom stereocenters. The van der Waals surface area contributed by atoms with Crippen molar-refractivity contribution in [2.45, 2.75) is 25.8 Å². The van der Waals surface area contributed by atoms with E-state index in [0.29, 0.717) is 13.1 Å². The summed E-state index contributed by atoms with van der Waals surface area (Å²) in [5.41, 5.74) is 6.59. The van der Waals surface area contributed by atoms with Crippen LogP contribution in [0.25, 0.3) is 0 Å². The normalized spacial score (nSPS) is 12.3. The quantitative estimate of drug-likeness (QED) is 0.635. The fourth-order valence-electron chi connectivity index (χ4n) is 2.15. The zero-order valence-corrected chi connectivity index (χ0v) is 12.3. The van der Waals surface area contributed by atoms with Gasteiger partial charge in [-0.3, -0.25) is 9.69 Å². The Morgan fingerprint density at radius 1 is 1.45 bits per heavy atom. The Morgan fingerprint density at radius 2 is 2.15 bits per heavy atom. The predicted molar refractivity (Wildman–Crippen MR) is 81.8 cm³/mol. The molecule has 5 nitrogen and oxygen atoms in total. The van der Waals surface area contributed by atoms with E-state index < -0.39 is 5.97 Å². The molecule has 110 valence electrons. The number of nitrogens with zero attached hydrogens (tertiary/aromatic N) is 1. The second-order valence-electron chi connectivity index (χ2n) is 4.58. The van der Waals surface area contributed by atoms with Crippen LogP contribution in [0.3, 0.4) is 0 Å². The van der Waals surface area contributed by atoms with Crippen molar-refractivity contribution in [1.82, 2.24) is 4.90 Å². The van der Waals surface area contributed by atoms with Gasteiger partial charge in [0.2, 0.25) is 0 Å². The van der Waals surface area contributed by atoms with Crippen molar-refractivity contribution >= 4 is 23.2 Å². The maximum absolute atomic E-state index is 10.8. The Hall–Kier alpha value is -1.66. The van der Waals surface area contributed by atoms with Gasteiger partial charge in [-0.15, -0.1) is 0 Å². The number of carboxylic acid groups (broad SMARTS) is 1. The van der Waals surface area contributed by atoms with Gasteiger partial charge in [0, 0.05) is 6.54 Å². The number of phenolic OH excluding ortho intramolecular Hbond substituents is 1. The molecular formula is C14H20N2O3S. The van der Waals surface area contributed by atoms with Gasteiger partial charge in [-0.25, -0.2) is 0 Å². The largest absolute Gasteiger partial charge is 0.508 e. The molecule has 20 heavy (non-hydrogen) atoms. The number of aromatic hydroxyl groups is 1. The summed E-state index contributed by atoms with van der Waals surface area (Å²) in [5.74, 6) is -0.720. The number of thiocarbonyl (C=S) groups is 1. The summed E-state index contributed by atoms with van der Waals surface area (Å²) >= 11 is 5.12. The van der Waals surface area contributed by atoms with E-state index in [1.807, 2.05) is 17.9 Å². The first-order chi connectivity index (χ1) is 9.45. The van der Waals surface area contributed by atoms with Crippen molar-refractivity contribution in [1.29, 1.82) is 0 Å². The lowest BCUT2D eigenvalue weighted by molar-refractivity contribution is -0.137. The standard InChI is InChI=1S/C14H20N2O3S/c1-2-7-16(8-6-12(18)19)13(14(15)20)10-4-3-5-11(17)9-10/h3-5,9,13,17H,2,6-8H2,1H3,(H2,15,20)(H,18,19). The molecule has 0 aliphatic carbocycles. The summed E-state index contributed by atoms with van der Waals surface area (Å²) in [6.07, 6.45) is 0.884. The molecule has 0 spiro atoms. The third kappa shape index (κ3) is 4.79. The topological polar surface area (TPSA) is 86.8 Å². The molecule has 1 aromatic rings. The van der Waals surface area contributed by atoms with Crippen molar-refractivity contribution in [2.75, 3.05) is 13.1 Å². The third-order valence-electron chi connectivity index (χ3n) is 2.94. The number of rotatable bonds is 8. The Bertz CT molecular complexity index is 479. The highest BCUT2D eigenvalue weighted by Crippen LogP contribution is 2.24. The Labute approximate surface area is 124 Å². The molecule has 4 N–H and O–H groups in total. The maximum Gasteiger partial charge on any atom is 0.304 e. The fraction of sp³-hybridized carbons (Fsp3) is 0.429. The fourth-order valence-corrected chi connectivity index (χ4v) is 2.43. The van der Waals surface area contributed by atoms with Gasteiger partial charge in [0.05, 0.1) is 17.5 Å². The molecule has 0 amide bonds. The second-order valence-corrected chi connectivity index (χ2v) is 5.05. The van der Waals surface area contributed by atoms with Crippen LogP contribution in [-0.4, -0.2) is 39.2 Å². The van der Waals surface area contributed by atoms with Gasteiger partial charge in [-0.1, -0.05) is 31.3 Å². The first-order valence-corrected chi connectivity index (χ1v) is 6.90. The van der Waals surface area contributed by atoms with Gasteiger partial charge in [-0.2, -0.15) is 0 Å². The molecule has 1 unspecified atom stereocenters. The maximum atomic E-state index is 10.8. The molecule has 0 aliphatic rings. The van der Waals surface area contributed by atoms with Gasteiger partial charge in [0.15, 0.2) is 0 Å². The summed E-state index contributed by atoms with van der Waals surface area (Å²) in [6, 6.07) is 6.36. The molecule has 6 heteroatoms. The summed E-state index contributed by atoms with van der Waals surface area (Å²) in [5, 5.41) is 18.4. The summed E-state index contributed by atoms with van der Waals surface area (Å²) in [4.78, 5) is 13.0. The number of aliphatic carboxylic acids is 1. The van der Waals surface area contributed by atoms with Gasteiger partial charge < -0.3 is 15.9 Å². The molecule has 0 bridgehead atoms. The van der Waals surface area contributed by atoms with Crippen LogP contribution in [-0.2, 0) is 4.79 Å². The third-order valence-corrected chi connectivity index (χ3v) is 3.17. The summed E-state index contributed by atoms with van der Waals surface area (Å²) in [7, 11) is 0. The van der Waals surface area contributed by atoms with Crippen LogP contribution in [0.4, 0.5) is 0 Å². The highest BCUT2D eigenvalue weighted by atomic mass is 32.1. The average molecular weight is 296 g/mol. The monoisotopic (exact) mass is 296 g/mol. The molecule has 0 aliphatic heterocycles. The van der Waals surface area contributed by atoms with Gasteiger partial charge in [-0.05, 0) is 30.7 Å². The molecule has 1 rings (SSSR count).